The highest BCUT2D eigenvalue weighted by atomic mass is 35.7. The van der Waals surface area contributed by atoms with Crippen molar-refractivity contribution in [2.45, 2.75) is 66.0 Å². The molecular weight excluding hydrogens is 349 g/mol. The Morgan fingerprint density at radius 2 is 1.38 bits per heavy atom. The van der Waals surface area contributed by atoms with Gasteiger partial charge in [-0.25, -0.2) is 0 Å². The topological polar surface area (TPSA) is 3.24 Å². The Labute approximate surface area is 147 Å². The zero-order valence-electron chi connectivity index (χ0n) is 14.1. The van der Waals surface area contributed by atoms with Crippen molar-refractivity contribution in [1.82, 2.24) is 4.23 Å². The molecule has 120 valence electrons. The van der Waals surface area contributed by atoms with E-state index >= 15 is 0 Å². The van der Waals surface area contributed by atoms with Crippen LogP contribution in [0.5, 0.6) is 0 Å². The van der Waals surface area contributed by atoms with Crippen molar-refractivity contribution in [3.8, 4) is 0 Å². The number of allylic oxidation sites excluding steroid dienone is 2. The van der Waals surface area contributed by atoms with E-state index < -0.39 is 6.69 Å². The monoisotopic (exact) mass is 377 g/mol. The molecule has 0 N–H and O–H groups in total. The predicted octanol–water partition coefficient (Wildman–Crippen LogP) is 5.48. The summed E-state index contributed by atoms with van der Waals surface area (Å²) in [6.07, 6.45) is 5.00. The molecule has 0 aromatic rings. The Morgan fingerprint density at radius 3 is 1.81 bits per heavy atom. The first-order valence-electron chi connectivity index (χ1n) is 7.65. The molecule has 6 heteroatoms. The first-order valence-corrected chi connectivity index (χ1v) is 14.4. The summed E-state index contributed by atoms with van der Waals surface area (Å²) in [6.45, 7) is 10.0. The van der Waals surface area contributed by atoms with Crippen molar-refractivity contribution in [1.29, 1.82) is 0 Å². The standard InChI is InChI=1S/C15H29Cl2NSi3/c1-14(2)12-19-18(20-13-15(3)4)10-8-6-7-9-11-21(5,16)17/h12-13H,6-11H2,1-5H3. The highest BCUT2D eigenvalue weighted by Crippen LogP contribution is 2.23. The third-order valence-corrected chi connectivity index (χ3v) is 8.39. The summed E-state index contributed by atoms with van der Waals surface area (Å²) in [5.74, 6) is 0. The summed E-state index contributed by atoms with van der Waals surface area (Å²) < 4.78 is 2.57. The number of unbranched alkanes of at least 4 members (excludes halogenated alkanes) is 3. The van der Waals surface area contributed by atoms with Crippen molar-refractivity contribution >= 4 is 48.2 Å². The summed E-state index contributed by atoms with van der Waals surface area (Å²) in [7, 11) is 1.62. The molecule has 0 aliphatic carbocycles. The van der Waals surface area contributed by atoms with E-state index in [1.165, 1.54) is 43.4 Å². The van der Waals surface area contributed by atoms with Gasteiger partial charge in [-0.15, -0.1) is 22.2 Å². The second-order valence-corrected chi connectivity index (χ2v) is 16.9. The zero-order valence-corrected chi connectivity index (χ0v) is 18.6. The van der Waals surface area contributed by atoms with Crippen LogP contribution in [0.2, 0.25) is 12.6 Å². The fraction of sp³-hybridized carbons (Fsp3) is 0.733. The smallest absolute Gasteiger partial charge is 0.248 e. The second kappa shape index (κ2) is 12.1. The summed E-state index contributed by atoms with van der Waals surface area (Å²) in [6, 6.07) is 1.03. The van der Waals surface area contributed by atoms with Crippen LogP contribution in [0.15, 0.2) is 22.5 Å². The minimum Gasteiger partial charge on any atom is -0.342 e. The lowest BCUT2D eigenvalue weighted by Crippen LogP contribution is -2.31. The molecule has 4 radical (unpaired) electrons. The lowest BCUT2D eigenvalue weighted by molar-refractivity contribution is 0.580. The van der Waals surface area contributed by atoms with E-state index in [-0.39, 0.29) is 0 Å². The molecule has 1 nitrogen and oxygen atoms in total. The van der Waals surface area contributed by atoms with Crippen LogP contribution in [0.25, 0.3) is 0 Å². The van der Waals surface area contributed by atoms with Gasteiger partial charge in [0.05, 0.1) is 0 Å². The molecule has 0 saturated carbocycles. The average molecular weight is 379 g/mol. The van der Waals surface area contributed by atoms with Crippen molar-refractivity contribution in [3.05, 3.63) is 22.5 Å². The third kappa shape index (κ3) is 16.9. The molecule has 0 aromatic heterocycles. The first kappa shape index (κ1) is 21.7. The summed E-state index contributed by atoms with van der Waals surface area (Å²) >= 11 is 12.2. The van der Waals surface area contributed by atoms with E-state index in [4.69, 9.17) is 22.2 Å². The Hall–Kier alpha value is 0.671. The quantitative estimate of drug-likeness (QED) is 0.261. The molecule has 0 rings (SSSR count). The van der Waals surface area contributed by atoms with E-state index in [0.717, 1.165) is 25.4 Å². The third-order valence-electron chi connectivity index (χ3n) is 2.77. The molecule has 0 heterocycles. The van der Waals surface area contributed by atoms with E-state index in [1.54, 1.807) is 0 Å². The number of hydrogen-bond donors (Lipinski definition) is 0. The lowest BCUT2D eigenvalue weighted by Gasteiger charge is -2.18. The zero-order chi connectivity index (χ0) is 16.3. The highest BCUT2D eigenvalue weighted by molar-refractivity contribution is 7.44. The molecule has 0 aromatic carbocycles. The van der Waals surface area contributed by atoms with E-state index in [1.807, 2.05) is 6.55 Å². The molecule has 0 unspecified atom stereocenters. The van der Waals surface area contributed by atoms with Crippen molar-refractivity contribution < 1.29 is 0 Å². The molecule has 0 fully saturated rings. The summed E-state index contributed by atoms with van der Waals surface area (Å²) in [5, 5.41) is 0. The van der Waals surface area contributed by atoms with Crippen LogP contribution in [0, 0.1) is 0 Å². The molecule has 0 amide bonds. The maximum atomic E-state index is 6.12. The first-order chi connectivity index (χ1) is 9.70. The van der Waals surface area contributed by atoms with Crippen LogP contribution in [0.4, 0.5) is 0 Å². The summed E-state index contributed by atoms with van der Waals surface area (Å²) in [5.41, 5.74) is 7.52. The maximum absolute atomic E-state index is 6.12. The number of rotatable bonds is 11. The molecule has 0 saturated heterocycles. The van der Waals surface area contributed by atoms with Gasteiger partial charge < -0.3 is 4.23 Å². The number of hydrogen-bond acceptors (Lipinski definition) is 1. The van der Waals surface area contributed by atoms with Gasteiger partial charge in [0.25, 0.3) is 0 Å². The minimum atomic E-state index is -1.87. The van der Waals surface area contributed by atoms with Crippen molar-refractivity contribution in [2.75, 3.05) is 6.54 Å². The van der Waals surface area contributed by atoms with Gasteiger partial charge in [-0.05, 0) is 53.3 Å². The van der Waals surface area contributed by atoms with Crippen LogP contribution >= 0.6 is 22.2 Å². The predicted molar refractivity (Wildman–Crippen MR) is 104 cm³/mol. The van der Waals surface area contributed by atoms with Gasteiger partial charge in [0.1, 0.15) is 0 Å². The van der Waals surface area contributed by atoms with Crippen LogP contribution in [-0.4, -0.2) is 36.8 Å². The minimum absolute atomic E-state index is 0.810. The molecule has 0 bridgehead atoms. The molecule has 0 spiro atoms. The molecular formula is C15H29Cl2NSi3. The fourth-order valence-corrected chi connectivity index (χ4v) is 5.40. The van der Waals surface area contributed by atoms with Gasteiger partial charge in [0, 0.05) is 0 Å². The van der Waals surface area contributed by atoms with E-state index in [0.29, 0.717) is 0 Å². The second-order valence-electron chi connectivity index (χ2n) is 6.09. The van der Waals surface area contributed by atoms with Gasteiger partial charge in [-0.2, -0.15) is 0 Å². The Kier molecular flexibility index (Phi) is 12.5. The van der Waals surface area contributed by atoms with Crippen LogP contribution in [-0.2, 0) is 0 Å². The maximum Gasteiger partial charge on any atom is 0.248 e. The number of nitrogens with zero attached hydrogens (tertiary/aromatic N) is 1. The van der Waals surface area contributed by atoms with Crippen LogP contribution < -0.4 is 0 Å². The van der Waals surface area contributed by atoms with Crippen molar-refractivity contribution in [3.63, 3.8) is 0 Å². The average Bonchev–Trinajstić information content (AvgIpc) is 2.33. The SMILES string of the molecule is CC(C)=C[Si]N(CCCCCC[Si](C)(Cl)Cl)[Si]C=C(C)C. The van der Waals surface area contributed by atoms with E-state index in [2.05, 4.69) is 43.3 Å². The van der Waals surface area contributed by atoms with Crippen LogP contribution in [0.3, 0.4) is 0 Å². The molecule has 0 aliphatic rings. The van der Waals surface area contributed by atoms with Crippen molar-refractivity contribution in [2.24, 2.45) is 0 Å². The highest BCUT2D eigenvalue weighted by Gasteiger charge is 2.19. The van der Waals surface area contributed by atoms with E-state index in [9.17, 15) is 0 Å². The van der Waals surface area contributed by atoms with Crippen LogP contribution in [0.1, 0.15) is 53.4 Å². The Bertz CT molecular complexity index is 310. The molecule has 0 aliphatic heterocycles. The van der Waals surface area contributed by atoms with Gasteiger partial charge in [-0.3, -0.25) is 0 Å². The lowest BCUT2D eigenvalue weighted by atomic mass is 10.2. The molecule has 21 heavy (non-hydrogen) atoms. The van der Waals surface area contributed by atoms with Gasteiger partial charge >= 0.3 is 0 Å². The fourth-order valence-electron chi connectivity index (χ4n) is 1.64. The van der Waals surface area contributed by atoms with Gasteiger partial charge in [0.2, 0.25) is 6.69 Å². The Balaban J connectivity index is 3.95. The largest absolute Gasteiger partial charge is 0.342 e. The molecule has 0 atom stereocenters. The Morgan fingerprint density at radius 1 is 0.905 bits per heavy atom. The van der Waals surface area contributed by atoms with Gasteiger partial charge in [0.15, 0.2) is 19.4 Å². The van der Waals surface area contributed by atoms with Gasteiger partial charge in [-0.1, -0.05) is 41.8 Å². The normalized spacial score (nSPS) is 11.6. The summed E-state index contributed by atoms with van der Waals surface area (Å²) in [4.78, 5) is 0. The number of halogens is 2.